The zero-order valence-corrected chi connectivity index (χ0v) is 15.4. The lowest BCUT2D eigenvalue weighted by molar-refractivity contribution is 0.0444. The van der Waals surface area contributed by atoms with Gasteiger partial charge in [0, 0.05) is 49.9 Å². The smallest absolute Gasteiger partial charge is 0.129 e. The Morgan fingerprint density at radius 2 is 1.69 bits per heavy atom. The molecule has 140 valence electrons. The van der Waals surface area contributed by atoms with Crippen molar-refractivity contribution in [2.75, 3.05) is 39.3 Å². The molecule has 26 heavy (non-hydrogen) atoms. The summed E-state index contributed by atoms with van der Waals surface area (Å²) < 4.78 is 19.5. The molecule has 0 spiro atoms. The van der Waals surface area contributed by atoms with Gasteiger partial charge in [-0.25, -0.2) is 4.39 Å². The van der Waals surface area contributed by atoms with Gasteiger partial charge in [-0.3, -0.25) is 9.80 Å². The van der Waals surface area contributed by atoms with Gasteiger partial charge in [-0.05, 0) is 24.3 Å². The summed E-state index contributed by atoms with van der Waals surface area (Å²) >= 11 is 6.11. The van der Waals surface area contributed by atoms with Crippen LogP contribution in [0.25, 0.3) is 0 Å². The van der Waals surface area contributed by atoms with Crippen LogP contribution in [0.2, 0.25) is 5.02 Å². The number of rotatable bonds is 7. The largest absolute Gasteiger partial charge is 0.491 e. The van der Waals surface area contributed by atoms with Crippen molar-refractivity contribution in [3.8, 4) is 5.75 Å². The normalized spacial score (nSPS) is 17.2. The van der Waals surface area contributed by atoms with Crippen LogP contribution in [0.3, 0.4) is 0 Å². The van der Waals surface area contributed by atoms with E-state index in [4.69, 9.17) is 16.3 Å². The van der Waals surface area contributed by atoms with Crippen molar-refractivity contribution < 1.29 is 14.2 Å². The summed E-state index contributed by atoms with van der Waals surface area (Å²) in [7, 11) is 0. The van der Waals surface area contributed by atoms with E-state index in [-0.39, 0.29) is 12.4 Å². The topological polar surface area (TPSA) is 35.9 Å². The van der Waals surface area contributed by atoms with Crippen LogP contribution in [0.5, 0.6) is 5.75 Å². The number of aliphatic hydroxyl groups excluding tert-OH is 1. The molecule has 4 nitrogen and oxygen atoms in total. The average molecular weight is 379 g/mol. The fraction of sp³-hybridized carbons (Fsp3) is 0.400. The highest BCUT2D eigenvalue weighted by molar-refractivity contribution is 6.31. The van der Waals surface area contributed by atoms with Crippen molar-refractivity contribution >= 4 is 11.6 Å². The van der Waals surface area contributed by atoms with Crippen molar-refractivity contribution in [3.63, 3.8) is 0 Å². The number of para-hydroxylation sites is 1. The molecule has 6 heteroatoms. The molecular formula is C20H24ClFN2O2. The summed E-state index contributed by atoms with van der Waals surface area (Å²) in [6.45, 7) is 4.64. The van der Waals surface area contributed by atoms with Crippen LogP contribution < -0.4 is 4.74 Å². The molecule has 0 radical (unpaired) electrons. The Balaban J connectivity index is 1.41. The summed E-state index contributed by atoms with van der Waals surface area (Å²) in [5.74, 6) is 0.506. The number of β-amino-alcohol motifs (C(OH)–C–C–N with tert-alkyl or cyclic N) is 1. The lowest BCUT2D eigenvalue weighted by Gasteiger charge is -2.35. The number of hydrogen-bond acceptors (Lipinski definition) is 4. The van der Waals surface area contributed by atoms with Gasteiger partial charge in [0.15, 0.2) is 0 Å². The van der Waals surface area contributed by atoms with Gasteiger partial charge >= 0.3 is 0 Å². The van der Waals surface area contributed by atoms with E-state index in [2.05, 4.69) is 9.80 Å². The molecule has 0 saturated carbocycles. The molecule has 1 fully saturated rings. The monoisotopic (exact) mass is 378 g/mol. The third-order valence-corrected chi connectivity index (χ3v) is 4.92. The van der Waals surface area contributed by atoms with E-state index in [9.17, 15) is 9.50 Å². The Kier molecular flexibility index (Phi) is 6.86. The molecule has 2 aromatic carbocycles. The SMILES string of the molecule is OC(COc1ccccc1)CN1CCN(Cc2c(F)cccc2Cl)CC1. The van der Waals surface area contributed by atoms with Crippen LogP contribution in [-0.4, -0.2) is 60.3 Å². The zero-order valence-electron chi connectivity index (χ0n) is 14.7. The minimum absolute atomic E-state index is 0.256. The lowest BCUT2D eigenvalue weighted by atomic mass is 10.1. The van der Waals surface area contributed by atoms with Gasteiger partial charge in [-0.2, -0.15) is 0 Å². The fourth-order valence-corrected chi connectivity index (χ4v) is 3.32. The first kappa shape index (κ1) is 19.1. The molecule has 1 heterocycles. The standard InChI is InChI=1S/C20H24ClFN2O2/c21-19-7-4-8-20(22)18(19)14-24-11-9-23(10-12-24)13-16(25)15-26-17-5-2-1-3-6-17/h1-8,16,25H,9-15H2. The molecule has 1 unspecified atom stereocenters. The summed E-state index contributed by atoms with van der Waals surface area (Å²) in [6.07, 6.45) is -0.539. The Morgan fingerprint density at radius 3 is 2.38 bits per heavy atom. The van der Waals surface area contributed by atoms with E-state index < -0.39 is 6.10 Å². The Labute approximate surface area is 158 Å². The number of piperazine rings is 1. The molecule has 1 atom stereocenters. The Morgan fingerprint density at radius 1 is 1.00 bits per heavy atom. The first-order chi connectivity index (χ1) is 12.6. The number of ether oxygens (including phenoxy) is 1. The highest BCUT2D eigenvalue weighted by atomic mass is 35.5. The number of hydrogen-bond donors (Lipinski definition) is 1. The van der Waals surface area contributed by atoms with Crippen molar-refractivity contribution in [3.05, 3.63) is 64.9 Å². The maximum Gasteiger partial charge on any atom is 0.129 e. The fourth-order valence-electron chi connectivity index (χ4n) is 3.10. The van der Waals surface area contributed by atoms with Crippen LogP contribution in [0.15, 0.2) is 48.5 Å². The van der Waals surface area contributed by atoms with Gasteiger partial charge in [-0.1, -0.05) is 35.9 Å². The van der Waals surface area contributed by atoms with Gasteiger partial charge in [0.05, 0.1) is 0 Å². The molecular weight excluding hydrogens is 355 g/mol. The van der Waals surface area contributed by atoms with Crippen molar-refractivity contribution in [2.24, 2.45) is 0 Å². The number of halogens is 2. The Hall–Kier alpha value is -1.66. The molecule has 0 aromatic heterocycles. The molecule has 0 amide bonds. The van der Waals surface area contributed by atoms with Crippen molar-refractivity contribution in [1.29, 1.82) is 0 Å². The van der Waals surface area contributed by atoms with E-state index in [0.29, 0.717) is 23.7 Å². The molecule has 0 aliphatic carbocycles. The van der Waals surface area contributed by atoms with E-state index in [1.54, 1.807) is 12.1 Å². The maximum absolute atomic E-state index is 13.9. The molecule has 1 saturated heterocycles. The first-order valence-corrected chi connectivity index (χ1v) is 9.23. The lowest BCUT2D eigenvalue weighted by Crippen LogP contribution is -2.48. The first-order valence-electron chi connectivity index (χ1n) is 8.85. The number of nitrogens with zero attached hydrogens (tertiary/aromatic N) is 2. The highest BCUT2D eigenvalue weighted by Gasteiger charge is 2.21. The van der Waals surface area contributed by atoms with Crippen LogP contribution in [-0.2, 0) is 6.54 Å². The summed E-state index contributed by atoms with van der Waals surface area (Å²) in [6, 6.07) is 14.3. The molecule has 2 aromatic rings. The van der Waals surface area contributed by atoms with Crippen LogP contribution in [0.1, 0.15) is 5.56 Å². The van der Waals surface area contributed by atoms with Gasteiger partial charge in [0.2, 0.25) is 0 Å². The third-order valence-electron chi connectivity index (χ3n) is 4.56. The van der Waals surface area contributed by atoms with E-state index in [1.807, 2.05) is 30.3 Å². The number of benzene rings is 2. The summed E-state index contributed by atoms with van der Waals surface area (Å²) in [5, 5.41) is 10.7. The van der Waals surface area contributed by atoms with E-state index in [1.165, 1.54) is 6.07 Å². The second kappa shape index (κ2) is 9.33. The van der Waals surface area contributed by atoms with Gasteiger partial charge in [0.1, 0.15) is 24.3 Å². The quantitative estimate of drug-likeness (QED) is 0.803. The molecule has 1 N–H and O–H groups in total. The van der Waals surface area contributed by atoms with Crippen LogP contribution in [0.4, 0.5) is 4.39 Å². The highest BCUT2D eigenvalue weighted by Crippen LogP contribution is 2.21. The predicted molar refractivity (Wildman–Crippen MR) is 101 cm³/mol. The van der Waals surface area contributed by atoms with E-state index >= 15 is 0 Å². The second-order valence-electron chi connectivity index (χ2n) is 6.55. The molecule has 0 bridgehead atoms. The molecule has 1 aliphatic rings. The summed E-state index contributed by atoms with van der Waals surface area (Å²) in [5.41, 5.74) is 0.555. The third kappa shape index (κ3) is 5.42. The van der Waals surface area contributed by atoms with Crippen LogP contribution >= 0.6 is 11.6 Å². The molecule has 1 aliphatic heterocycles. The van der Waals surface area contributed by atoms with Gasteiger partial charge < -0.3 is 9.84 Å². The number of aliphatic hydroxyl groups is 1. The van der Waals surface area contributed by atoms with E-state index in [0.717, 1.165) is 31.9 Å². The van der Waals surface area contributed by atoms with Gasteiger partial charge in [-0.15, -0.1) is 0 Å². The van der Waals surface area contributed by atoms with Crippen molar-refractivity contribution in [1.82, 2.24) is 9.80 Å². The van der Waals surface area contributed by atoms with Gasteiger partial charge in [0.25, 0.3) is 0 Å². The zero-order chi connectivity index (χ0) is 18.4. The minimum Gasteiger partial charge on any atom is -0.491 e. The maximum atomic E-state index is 13.9. The minimum atomic E-state index is -0.539. The Bertz CT molecular complexity index is 673. The average Bonchev–Trinajstić information content (AvgIpc) is 2.65. The van der Waals surface area contributed by atoms with Crippen LogP contribution in [0, 0.1) is 5.82 Å². The second-order valence-corrected chi connectivity index (χ2v) is 6.96. The summed E-state index contributed by atoms with van der Waals surface area (Å²) in [4.78, 5) is 4.39. The molecule has 3 rings (SSSR count). The predicted octanol–water partition coefficient (Wildman–Crippen LogP) is 3.04. The van der Waals surface area contributed by atoms with Crippen molar-refractivity contribution in [2.45, 2.75) is 12.6 Å².